The van der Waals surface area contributed by atoms with Gasteiger partial charge in [-0.1, -0.05) is 6.92 Å². The summed E-state index contributed by atoms with van der Waals surface area (Å²) >= 11 is 0. The largest absolute Gasteiger partial charge is 0.357 e. The highest BCUT2D eigenvalue weighted by Crippen LogP contribution is 2.16. The Morgan fingerprint density at radius 2 is 2.10 bits per heavy atom. The molecule has 20 heavy (non-hydrogen) atoms. The zero-order valence-corrected chi connectivity index (χ0v) is 12.7. The van der Waals surface area contributed by atoms with Crippen LogP contribution in [-0.2, 0) is 10.0 Å². The van der Waals surface area contributed by atoms with Crippen molar-refractivity contribution in [3.8, 4) is 0 Å². The van der Waals surface area contributed by atoms with Crippen LogP contribution in [0.15, 0.2) is 17.3 Å². The fraction of sp³-hybridized carbons (Fsp3) is 0.667. The number of likely N-dealkylation sites (tertiary alicyclic amines) is 1. The Labute approximate surface area is 119 Å². The van der Waals surface area contributed by atoms with E-state index < -0.39 is 10.0 Å². The lowest BCUT2D eigenvalue weighted by atomic mass is 10.1. The summed E-state index contributed by atoms with van der Waals surface area (Å²) in [6.45, 7) is 5.60. The number of hydrogen-bond donors (Lipinski definition) is 2. The second kappa shape index (κ2) is 6.47. The molecule has 1 aromatic heterocycles. The van der Waals surface area contributed by atoms with Gasteiger partial charge in [0.1, 0.15) is 4.90 Å². The Bertz CT molecular complexity index is 531. The van der Waals surface area contributed by atoms with E-state index in [0.29, 0.717) is 18.4 Å². The van der Waals surface area contributed by atoms with Crippen LogP contribution in [0.5, 0.6) is 0 Å². The lowest BCUT2D eigenvalue weighted by Gasteiger charge is -2.13. The van der Waals surface area contributed by atoms with E-state index in [9.17, 15) is 8.42 Å². The molecule has 0 spiro atoms. The fourth-order valence-electron chi connectivity index (χ4n) is 2.26. The molecule has 7 nitrogen and oxygen atoms in total. The van der Waals surface area contributed by atoms with Gasteiger partial charge in [-0.2, -0.15) is 0 Å². The summed E-state index contributed by atoms with van der Waals surface area (Å²) in [6, 6.07) is 0. The molecule has 1 aliphatic rings. The molecule has 1 unspecified atom stereocenters. The molecule has 2 rings (SSSR count). The molecule has 0 amide bonds. The monoisotopic (exact) mass is 299 g/mol. The summed E-state index contributed by atoms with van der Waals surface area (Å²) in [7, 11) is -1.84. The molecule has 112 valence electrons. The first-order valence-electron chi connectivity index (χ1n) is 6.77. The fourth-order valence-corrected chi connectivity index (χ4v) is 3.27. The van der Waals surface area contributed by atoms with Gasteiger partial charge in [0.15, 0.2) is 0 Å². The van der Waals surface area contributed by atoms with E-state index in [0.717, 1.165) is 26.1 Å². The van der Waals surface area contributed by atoms with Crippen molar-refractivity contribution >= 4 is 16.0 Å². The molecule has 1 saturated heterocycles. The molecule has 0 aliphatic carbocycles. The van der Waals surface area contributed by atoms with E-state index >= 15 is 0 Å². The molecule has 8 heteroatoms. The zero-order valence-electron chi connectivity index (χ0n) is 11.8. The van der Waals surface area contributed by atoms with Crippen LogP contribution in [0, 0.1) is 5.92 Å². The first kappa shape index (κ1) is 15.1. The maximum atomic E-state index is 12.1. The minimum Gasteiger partial charge on any atom is -0.357 e. The summed E-state index contributed by atoms with van der Waals surface area (Å²) in [5.74, 6) is 0.778. The van der Waals surface area contributed by atoms with Crippen LogP contribution >= 0.6 is 0 Å². The normalized spacial score (nSPS) is 20.2. The topological polar surface area (TPSA) is 87.2 Å². The van der Waals surface area contributed by atoms with Gasteiger partial charge in [-0.3, -0.25) is 0 Å². The van der Waals surface area contributed by atoms with E-state index in [-0.39, 0.29) is 4.90 Å². The number of sulfonamides is 1. The van der Waals surface area contributed by atoms with Gasteiger partial charge < -0.3 is 10.2 Å². The van der Waals surface area contributed by atoms with Crippen LogP contribution in [-0.4, -0.2) is 56.5 Å². The quantitative estimate of drug-likeness (QED) is 0.777. The summed E-state index contributed by atoms with van der Waals surface area (Å²) in [5, 5.41) is 2.75. The third-order valence-corrected chi connectivity index (χ3v) is 4.92. The Kier molecular flexibility index (Phi) is 4.90. The van der Waals surface area contributed by atoms with Gasteiger partial charge in [-0.15, -0.1) is 0 Å². The van der Waals surface area contributed by atoms with Crippen LogP contribution in [0.2, 0.25) is 0 Å². The summed E-state index contributed by atoms with van der Waals surface area (Å²) < 4.78 is 26.9. The van der Waals surface area contributed by atoms with Crippen LogP contribution in [0.4, 0.5) is 5.95 Å². The van der Waals surface area contributed by atoms with Crippen molar-refractivity contribution in [2.24, 2.45) is 5.92 Å². The number of rotatable bonds is 6. The Hall–Kier alpha value is -1.25. The smallest absolute Gasteiger partial charge is 0.243 e. The predicted octanol–water partition coefficient (Wildman–Crippen LogP) is 0.138. The standard InChI is InChI=1S/C12H21N5O2S/c1-3-17-5-4-10(9-17)6-16-20(18,19)11-7-14-12(13-2)15-8-11/h7-8,10,16H,3-6,9H2,1-2H3,(H,13,14,15). The minimum absolute atomic E-state index is 0.0989. The highest BCUT2D eigenvalue weighted by atomic mass is 32.2. The second-order valence-electron chi connectivity index (χ2n) is 4.89. The molecule has 0 bridgehead atoms. The van der Waals surface area contributed by atoms with E-state index in [1.807, 2.05) is 0 Å². The molecule has 0 radical (unpaired) electrons. The number of hydrogen-bond acceptors (Lipinski definition) is 6. The molecule has 1 atom stereocenters. The molecule has 1 fully saturated rings. The average Bonchev–Trinajstić information content (AvgIpc) is 2.93. The summed E-state index contributed by atoms with van der Waals surface area (Å²) in [4.78, 5) is 10.3. The third kappa shape index (κ3) is 3.65. The number of anilines is 1. The number of nitrogens with zero attached hydrogens (tertiary/aromatic N) is 3. The second-order valence-corrected chi connectivity index (χ2v) is 6.66. The first-order chi connectivity index (χ1) is 9.55. The zero-order chi connectivity index (χ0) is 14.6. The lowest BCUT2D eigenvalue weighted by Crippen LogP contribution is -2.31. The van der Waals surface area contributed by atoms with Crippen molar-refractivity contribution in [2.75, 3.05) is 38.5 Å². The molecule has 2 heterocycles. The number of aromatic nitrogens is 2. The van der Waals surface area contributed by atoms with E-state index in [4.69, 9.17) is 0 Å². The van der Waals surface area contributed by atoms with Crippen LogP contribution < -0.4 is 10.0 Å². The van der Waals surface area contributed by atoms with Crippen molar-refractivity contribution < 1.29 is 8.42 Å². The predicted molar refractivity (Wildman–Crippen MR) is 77.0 cm³/mol. The molecule has 0 aromatic carbocycles. The maximum absolute atomic E-state index is 12.1. The van der Waals surface area contributed by atoms with Crippen molar-refractivity contribution in [1.29, 1.82) is 0 Å². The number of nitrogens with one attached hydrogen (secondary N) is 2. The highest BCUT2D eigenvalue weighted by molar-refractivity contribution is 7.89. The molecule has 0 saturated carbocycles. The van der Waals surface area contributed by atoms with Crippen LogP contribution in [0.1, 0.15) is 13.3 Å². The van der Waals surface area contributed by atoms with E-state index in [1.165, 1.54) is 12.4 Å². The van der Waals surface area contributed by atoms with Crippen LogP contribution in [0.3, 0.4) is 0 Å². The van der Waals surface area contributed by atoms with Crippen molar-refractivity contribution in [2.45, 2.75) is 18.2 Å². The average molecular weight is 299 g/mol. The van der Waals surface area contributed by atoms with Gasteiger partial charge in [0.2, 0.25) is 16.0 Å². The molecular weight excluding hydrogens is 278 g/mol. The van der Waals surface area contributed by atoms with E-state index in [2.05, 4.69) is 31.8 Å². The summed E-state index contributed by atoms with van der Waals surface area (Å²) in [6.07, 6.45) is 3.66. The SMILES string of the molecule is CCN1CCC(CNS(=O)(=O)c2cnc(NC)nc2)C1. The molecule has 2 N–H and O–H groups in total. The van der Waals surface area contributed by atoms with Crippen molar-refractivity contribution in [3.63, 3.8) is 0 Å². The molecule has 1 aliphatic heterocycles. The van der Waals surface area contributed by atoms with Gasteiger partial charge in [0, 0.05) is 20.1 Å². The van der Waals surface area contributed by atoms with Gasteiger partial charge in [-0.25, -0.2) is 23.1 Å². The summed E-state index contributed by atoms with van der Waals surface area (Å²) in [5.41, 5.74) is 0. The first-order valence-corrected chi connectivity index (χ1v) is 8.25. The Morgan fingerprint density at radius 3 is 2.65 bits per heavy atom. The van der Waals surface area contributed by atoms with Crippen LogP contribution in [0.25, 0.3) is 0 Å². The van der Waals surface area contributed by atoms with Gasteiger partial charge >= 0.3 is 0 Å². The van der Waals surface area contributed by atoms with E-state index in [1.54, 1.807) is 7.05 Å². The third-order valence-electron chi connectivity index (χ3n) is 3.54. The molecule has 1 aromatic rings. The lowest BCUT2D eigenvalue weighted by molar-refractivity contribution is 0.342. The highest BCUT2D eigenvalue weighted by Gasteiger charge is 2.23. The Morgan fingerprint density at radius 1 is 1.40 bits per heavy atom. The molecular formula is C12H21N5O2S. The van der Waals surface area contributed by atoms with Gasteiger partial charge in [-0.05, 0) is 25.4 Å². The Balaban J connectivity index is 1.93. The van der Waals surface area contributed by atoms with Gasteiger partial charge in [0.05, 0.1) is 12.4 Å². The van der Waals surface area contributed by atoms with Crippen molar-refractivity contribution in [3.05, 3.63) is 12.4 Å². The minimum atomic E-state index is -3.52. The maximum Gasteiger partial charge on any atom is 0.243 e. The van der Waals surface area contributed by atoms with Gasteiger partial charge in [0.25, 0.3) is 0 Å². The van der Waals surface area contributed by atoms with Crippen molar-refractivity contribution in [1.82, 2.24) is 19.6 Å².